The van der Waals surface area contributed by atoms with Gasteiger partial charge in [-0.25, -0.2) is 0 Å². The second-order valence-electron chi connectivity index (χ2n) is 2.86. The van der Waals surface area contributed by atoms with Gasteiger partial charge in [0, 0.05) is 0 Å². The fourth-order valence-corrected chi connectivity index (χ4v) is 1.48. The molecule has 2 fully saturated rings. The monoisotopic (exact) mass is 159 g/mol. The highest BCUT2D eigenvalue weighted by Crippen LogP contribution is 2.30. The number of carbonyl (C=O) groups is 1. The molecule has 62 valence electrons. The van der Waals surface area contributed by atoms with Crippen LogP contribution in [0.2, 0.25) is 0 Å². The molecule has 4 unspecified atom stereocenters. The van der Waals surface area contributed by atoms with Crippen LogP contribution in [0.3, 0.4) is 0 Å². The van der Waals surface area contributed by atoms with Gasteiger partial charge in [0.25, 0.3) is 0 Å². The Bertz CT molecular complexity index is 195. The second kappa shape index (κ2) is 2.17. The summed E-state index contributed by atoms with van der Waals surface area (Å²) in [5.41, 5.74) is 0. The van der Waals surface area contributed by atoms with Crippen LogP contribution in [0.1, 0.15) is 6.42 Å². The quantitative estimate of drug-likeness (QED) is 0.388. The largest absolute Gasteiger partial charge is 0.371 e. The first-order valence-electron chi connectivity index (χ1n) is 3.50. The van der Waals surface area contributed by atoms with Gasteiger partial charge in [0.2, 0.25) is 5.91 Å². The van der Waals surface area contributed by atoms with E-state index in [1.165, 1.54) is 0 Å². The summed E-state index contributed by atoms with van der Waals surface area (Å²) in [7, 11) is 0. The van der Waals surface area contributed by atoms with E-state index in [2.05, 4.69) is 5.32 Å². The van der Waals surface area contributed by atoms with Gasteiger partial charge in [0.15, 0.2) is 12.5 Å². The number of nitrogens with one attached hydrogen (secondary N) is 1. The summed E-state index contributed by atoms with van der Waals surface area (Å²) in [5, 5.41) is 20.5. The first-order valence-corrected chi connectivity index (χ1v) is 3.50. The molecular weight excluding hydrogens is 150 g/mol. The molecule has 2 rings (SSSR count). The Morgan fingerprint density at radius 3 is 3.00 bits per heavy atom. The number of ether oxygens (including phenoxy) is 1. The molecule has 0 aromatic carbocycles. The van der Waals surface area contributed by atoms with Crippen LogP contribution in [0.5, 0.6) is 0 Å². The highest BCUT2D eigenvalue weighted by Gasteiger charge is 2.46. The van der Waals surface area contributed by atoms with Crippen molar-refractivity contribution in [1.29, 1.82) is 0 Å². The van der Waals surface area contributed by atoms with E-state index in [9.17, 15) is 4.79 Å². The average Bonchev–Trinajstić information content (AvgIpc) is 2.26. The van der Waals surface area contributed by atoms with Crippen molar-refractivity contribution in [3.63, 3.8) is 0 Å². The van der Waals surface area contributed by atoms with E-state index in [0.29, 0.717) is 6.42 Å². The molecule has 1 amide bonds. The van der Waals surface area contributed by atoms with Crippen LogP contribution in [-0.2, 0) is 9.53 Å². The third kappa shape index (κ3) is 0.926. The van der Waals surface area contributed by atoms with Crippen molar-refractivity contribution in [3.8, 4) is 0 Å². The summed E-state index contributed by atoms with van der Waals surface area (Å²) < 4.78 is 4.89. The Labute approximate surface area is 63.0 Å². The average molecular weight is 159 g/mol. The molecule has 0 radical (unpaired) electrons. The smallest absolute Gasteiger partial charge is 0.230 e. The first-order chi connectivity index (χ1) is 5.18. The maximum atomic E-state index is 11.0. The van der Waals surface area contributed by atoms with Gasteiger partial charge >= 0.3 is 0 Å². The zero-order valence-corrected chi connectivity index (χ0v) is 5.73. The lowest BCUT2D eigenvalue weighted by Crippen LogP contribution is -2.48. The lowest BCUT2D eigenvalue weighted by atomic mass is 9.99. The van der Waals surface area contributed by atoms with Crippen molar-refractivity contribution in [2.75, 3.05) is 0 Å². The van der Waals surface area contributed by atoms with Crippen LogP contribution < -0.4 is 5.32 Å². The Balaban J connectivity index is 2.20. The van der Waals surface area contributed by atoms with E-state index in [-0.39, 0.29) is 5.91 Å². The number of aliphatic hydroxyl groups excluding tert-OH is 2. The molecule has 0 aliphatic carbocycles. The summed E-state index contributed by atoms with van der Waals surface area (Å²) in [4.78, 5) is 11.0. The molecule has 2 aliphatic heterocycles. The number of aliphatic hydroxyl groups is 2. The lowest BCUT2D eigenvalue weighted by Gasteiger charge is -2.22. The van der Waals surface area contributed by atoms with Gasteiger partial charge in [0.1, 0.15) is 6.10 Å². The van der Waals surface area contributed by atoms with Crippen molar-refractivity contribution in [3.05, 3.63) is 0 Å². The van der Waals surface area contributed by atoms with Crippen LogP contribution >= 0.6 is 0 Å². The van der Waals surface area contributed by atoms with Gasteiger partial charge < -0.3 is 20.3 Å². The molecule has 4 atom stereocenters. The fourth-order valence-electron chi connectivity index (χ4n) is 1.48. The zero-order valence-electron chi connectivity index (χ0n) is 5.73. The Morgan fingerprint density at radius 1 is 1.55 bits per heavy atom. The molecule has 2 heterocycles. The third-order valence-corrected chi connectivity index (χ3v) is 2.12. The Hall–Kier alpha value is -0.650. The van der Waals surface area contributed by atoms with E-state index in [1.54, 1.807) is 0 Å². The predicted octanol–water partition coefficient (Wildman–Crippen LogP) is -1.84. The highest BCUT2D eigenvalue weighted by molar-refractivity contribution is 5.80. The molecule has 11 heavy (non-hydrogen) atoms. The summed E-state index contributed by atoms with van der Waals surface area (Å²) in [6, 6.07) is 0. The maximum absolute atomic E-state index is 11.0. The van der Waals surface area contributed by atoms with Gasteiger partial charge in [-0.1, -0.05) is 0 Å². The van der Waals surface area contributed by atoms with Crippen molar-refractivity contribution < 1.29 is 19.7 Å². The minimum absolute atomic E-state index is 0.334. The summed E-state index contributed by atoms with van der Waals surface area (Å²) >= 11 is 0. The molecule has 2 aliphatic rings. The molecule has 2 bridgehead atoms. The standard InChI is InChI=1S/C6H9NO4/c8-4-2-1-3(5(9)7-4)11-6(2)10/h2-3,5-6,9-10H,1H2,(H,7,8). The molecule has 0 aromatic rings. The minimum Gasteiger partial charge on any atom is -0.371 e. The summed E-state index contributed by atoms with van der Waals surface area (Å²) in [5.74, 6) is -0.831. The van der Waals surface area contributed by atoms with E-state index >= 15 is 0 Å². The van der Waals surface area contributed by atoms with Crippen molar-refractivity contribution in [2.45, 2.75) is 25.0 Å². The predicted molar refractivity (Wildman–Crippen MR) is 33.1 cm³/mol. The first kappa shape index (κ1) is 7.02. The fraction of sp³-hybridized carbons (Fsp3) is 0.833. The summed E-state index contributed by atoms with van der Waals surface area (Å²) in [6.45, 7) is 0. The second-order valence-corrected chi connectivity index (χ2v) is 2.86. The van der Waals surface area contributed by atoms with Gasteiger partial charge in [-0.2, -0.15) is 0 Å². The number of piperidine rings is 1. The van der Waals surface area contributed by atoms with E-state index < -0.39 is 24.5 Å². The van der Waals surface area contributed by atoms with Crippen LogP contribution in [0.15, 0.2) is 0 Å². The van der Waals surface area contributed by atoms with Gasteiger partial charge in [-0.3, -0.25) is 4.79 Å². The maximum Gasteiger partial charge on any atom is 0.230 e. The zero-order chi connectivity index (χ0) is 8.01. The third-order valence-electron chi connectivity index (χ3n) is 2.12. The normalized spacial score (nSPS) is 49.1. The van der Waals surface area contributed by atoms with Gasteiger partial charge in [-0.05, 0) is 6.42 Å². The molecule has 0 spiro atoms. The summed E-state index contributed by atoms with van der Waals surface area (Å²) in [6.07, 6.45) is -2.03. The highest BCUT2D eigenvalue weighted by atomic mass is 16.6. The van der Waals surface area contributed by atoms with Crippen LogP contribution in [-0.4, -0.2) is 34.7 Å². The number of fused-ring (bicyclic) bond motifs is 2. The number of hydrogen-bond acceptors (Lipinski definition) is 4. The van der Waals surface area contributed by atoms with E-state index in [0.717, 1.165) is 0 Å². The molecule has 5 nitrogen and oxygen atoms in total. The van der Waals surface area contributed by atoms with Crippen molar-refractivity contribution in [2.24, 2.45) is 5.92 Å². The molecule has 2 saturated heterocycles. The van der Waals surface area contributed by atoms with Gasteiger partial charge in [-0.15, -0.1) is 0 Å². The Morgan fingerprint density at radius 2 is 2.27 bits per heavy atom. The van der Waals surface area contributed by atoms with Crippen molar-refractivity contribution >= 4 is 5.91 Å². The van der Waals surface area contributed by atoms with Crippen LogP contribution in [0.25, 0.3) is 0 Å². The van der Waals surface area contributed by atoms with Crippen LogP contribution in [0.4, 0.5) is 0 Å². The minimum atomic E-state index is -1.04. The van der Waals surface area contributed by atoms with Crippen molar-refractivity contribution in [1.82, 2.24) is 5.32 Å². The Kier molecular flexibility index (Phi) is 1.38. The molecule has 3 N–H and O–H groups in total. The molecule has 0 aromatic heterocycles. The number of rotatable bonds is 0. The molecular formula is C6H9NO4. The van der Waals surface area contributed by atoms with E-state index in [4.69, 9.17) is 14.9 Å². The lowest BCUT2D eigenvalue weighted by molar-refractivity contribution is -0.134. The van der Waals surface area contributed by atoms with E-state index in [1.807, 2.05) is 0 Å². The number of hydrogen-bond donors (Lipinski definition) is 3. The molecule has 5 heteroatoms. The SMILES string of the molecule is O=C1NC(O)C2CC1C(O)O2. The van der Waals surface area contributed by atoms with Crippen LogP contribution in [0, 0.1) is 5.92 Å². The number of carbonyl (C=O) groups excluding carboxylic acids is 1. The van der Waals surface area contributed by atoms with Gasteiger partial charge in [0.05, 0.1) is 5.92 Å². The molecule has 0 saturated carbocycles. The topological polar surface area (TPSA) is 78.8 Å². The number of amides is 1.